The highest BCUT2D eigenvalue weighted by atomic mass is 15.2. The van der Waals surface area contributed by atoms with Crippen LogP contribution in [0.4, 0.5) is 51.2 Å². The van der Waals surface area contributed by atoms with E-state index in [4.69, 9.17) is 15.0 Å². The molecule has 1 aromatic heterocycles. The molecule has 6 heteroatoms. The Labute approximate surface area is 821 Å². The molecule has 26 aromatic rings. The summed E-state index contributed by atoms with van der Waals surface area (Å²) in [5.41, 5.74) is 23.4. The molecular formula is C135H100N6. The maximum absolute atomic E-state index is 4.88. The van der Waals surface area contributed by atoms with E-state index in [9.17, 15) is 0 Å². The van der Waals surface area contributed by atoms with E-state index < -0.39 is 0 Å². The van der Waals surface area contributed by atoms with Crippen molar-refractivity contribution < 1.29 is 0 Å². The van der Waals surface area contributed by atoms with Gasteiger partial charge in [-0.3, -0.25) is 0 Å². The van der Waals surface area contributed by atoms with Gasteiger partial charge in [0.2, 0.25) is 0 Å². The van der Waals surface area contributed by atoms with Gasteiger partial charge in [0.1, 0.15) is 0 Å². The molecule has 141 heavy (non-hydrogen) atoms. The fraction of sp³-hybridized carbons (Fsp3) is 0.0444. The average Bonchev–Trinajstić information content (AvgIpc) is 0.756. The van der Waals surface area contributed by atoms with Crippen LogP contribution < -0.4 is 14.7 Å². The topological polar surface area (TPSA) is 48.4 Å². The van der Waals surface area contributed by atoms with Crippen LogP contribution in [0, 0.1) is 41.5 Å². The summed E-state index contributed by atoms with van der Waals surface area (Å²) in [7, 11) is 0. The molecule has 6 nitrogen and oxygen atoms in total. The second-order valence-corrected chi connectivity index (χ2v) is 37.0. The third-order valence-electron chi connectivity index (χ3n) is 27.6. The molecule has 0 fully saturated rings. The highest BCUT2D eigenvalue weighted by Crippen LogP contribution is 2.47. The van der Waals surface area contributed by atoms with E-state index in [1.54, 1.807) is 0 Å². The number of rotatable bonds is 13. The van der Waals surface area contributed by atoms with Crippen LogP contribution in [-0.4, -0.2) is 15.0 Å². The maximum atomic E-state index is 4.88. The van der Waals surface area contributed by atoms with E-state index in [1.165, 1.54) is 185 Å². The summed E-state index contributed by atoms with van der Waals surface area (Å²) < 4.78 is 0. The minimum Gasteiger partial charge on any atom is -0.310 e. The van der Waals surface area contributed by atoms with Crippen LogP contribution in [0.15, 0.2) is 497 Å². The number of fused-ring (bicyclic) bond motifs is 20. The minimum absolute atomic E-state index is 0.658. The molecule has 0 aliphatic rings. The number of nitrogens with zero attached hydrogens (tertiary/aromatic N) is 6. The molecule has 0 atom stereocenters. The number of anilines is 9. The Morgan fingerprint density at radius 1 is 0.142 bits per heavy atom. The molecule has 0 bridgehead atoms. The zero-order valence-electron chi connectivity index (χ0n) is 79.5. The Morgan fingerprint density at radius 2 is 0.369 bits per heavy atom. The summed E-state index contributed by atoms with van der Waals surface area (Å²) in [5.74, 6) is 1.99. The second kappa shape index (κ2) is 38.0. The molecular weight excluding hydrogens is 1710 g/mol. The summed E-state index contributed by atoms with van der Waals surface area (Å²) in [6.07, 6.45) is 0. The highest BCUT2D eigenvalue weighted by molar-refractivity contribution is 6.25. The fourth-order valence-electron chi connectivity index (χ4n) is 20.6. The van der Waals surface area contributed by atoms with Gasteiger partial charge < -0.3 is 14.7 Å². The second-order valence-electron chi connectivity index (χ2n) is 37.0. The van der Waals surface area contributed by atoms with Gasteiger partial charge >= 0.3 is 0 Å². The van der Waals surface area contributed by atoms with Crippen LogP contribution in [-0.2, 0) is 0 Å². The van der Waals surface area contributed by atoms with Crippen LogP contribution in [0.5, 0.6) is 0 Å². The Morgan fingerprint density at radius 3 is 0.695 bits per heavy atom. The van der Waals surface area contributed by atoms with Gasteiger partial charge in [-0.15, -0.1) is 0 Å². The third kappa shape index (κ3) is 17.4. The summed E-state index contributed by atoms with van der Waals surface area (Å²) in [6, 6.07) is 179. The number of hydrogen-bond donors (Lipinski definition) is 0. The summed E-state index contributed by atoms with van der Waals surface area (Å²) in [5, 5.41) is 30.8. The van der Waals surface area contributed by atoms with Gasteiger partial charge in [-0.05, 0) is 296 Å². The fourth-order valence-corrected chi connectivity index (χ4v) is 20.6. The molecule has 0 spiro atoms. The quantitative estimate of drug-likeness (QED) is 0.107. The van der Waals surface area contributed by atoms with Gasteiger partial charge in [-0.25, -0.2) is 15.0 Å². The van der Waals surface area contributed by atoms with Crippen LogP contribution in [0.25, 0.3) is 175 Å². The number of para-hydroxylation sites is 2. The van der Waals surface area contributed by atoms with Crippen molar-refractivity contribution in [2.75, 3.05) is 14.7 Å². The Balaban J connectivity index is 0.000000105. The number of benzene rings is 25. The lowest BCUT2D eigenvalue weighted by Gasteiger charge is -2.29. The average molecular weight is 1810 g/mol. The monoisotopic (exact) mass is 1800 g/mol. The first-order chi connectivity index (χ1) is 69.3. The van der Waals surface area contributed by atoms with E-state index in [2.05, 4.69) is 493 Å². The van der Waals surface area contributed by atoms with Crippen molar-refractivity contribution in [2.24, 2.45) is 0 Å². The van der Waals surface area contributed by atoms with E-state index in [0.29, 0.717) is 17.5 Å². The van der Waals surface area contributed by atoms with Gasteiger partial charge in [0.15, 0.2) is 17.5 Å². The molecule has 0 unspecified atom stereocenters. The van der Waals surface area contributed by atoms with Gasteiger partial charge in [-0.1, -0.05) is 417 Å². The molecule has 0 amide bonds. The molecule has 0 saturated heterocycles. The summed E-state index contributed by atoms with van der Waals surface area (Å²) >= 11 is 0. The predicted octanol–water partition coefficient (Wildman–Crippen LogP) is 37.7. The first kappa shape index (κ1) is 87.1. The third-order valence-corrected chi connectivity index (χ3v) is 27.6. The molecule has 670 valence electrons. The lowest BCUT2D eigenvalue weighted by Crippen LogP contribution is -2.13. The van der Waals surface area contributed by atoms with E-state index >= 15 is 0 Å². The van der Waals surface area contributed by atoms with Crippen molar-refractivity contribution in [3.8, 4) is 45.3 Å². The van der Waals surface area contributed by atoms with Crippen molar-refractivity contribution in [2.45, 2.75) is 41.5 Å². The molecule has 0 aliphatic carbocycles. The Bertz CT molecular complexity index is 9010. The zero-order chi connectivity index (χ0) is 95.0. The van der Waals surface area contributed by atoms with Crippen molar-refractivity contribution in [3.05, 3.63) is 531 Å². The first-order valence-corrected chi connectivity index (χ1v) is 48.5. The van der Waals surface area contributed by atoms with Gasteiger partial charge in [0.25, 0.3) is 0 Å². The lowest BCUT2D eigenvalue weighted by molar-refractivity contribution is 1.07. The van der Waals surface area contributed by atoms with E-state index in [-0.39, 0.29) is 0 Å². The lowest BCUT2D eigenvalue weighted by atomic mass is 9.94. The van der Waals surface area contributed by atoms with E-state index in [0.717, 1.165) is 56.4 Å². The first-order valence-electron chi connectivity index (χ1n) is 48.5. The molecule has 0 saturated carbocycles. The molecule has 26 rings (SSSR count). The zero-order valence-corrected chi connectivity index (χ0v) is 79.5. The Hall–Kier alpha value is -18.0. The smallest absolute Gasteiger partial charge is 0.164 e. The SMILES string of the molecule is Cc1ccc(N(c2ccc(C)cc2)c2ccc3ccc4ccc5ccccc5c4c3c2)cc1.Cc1ccc(N(c2ccc3ccc4ccc5ccccc5c4c3c2)c2ccc(C)cc2C)c(C)c1.c1ccc(-c2nc(-c3ccccc3)nc(-c3ccc(-c4ccc5ccc6ccc7ccccc7c6c5c4)cc3)n2)cc1.c1ccc(N(c2ccccc2)c2ccc3ccc4ccc5ccccc5c4c3c2)cc1. The number of hydrogen-bond acceptors (Lipinski definition) is 6. The normalized spacial score (nSPS) is 11.3. The minimum atomic E-state index is 0.658. The number of aryl methyl sites for hydroxylation is 6. The van der Waals surface area contributed by atoms with Crippen LogP contribution in [0.1, 0.15) is 33.4 Å². The standard InChI is InChI=1S/C39H25N3.C34H29N.C32H25N.C30H21N/c1-3-10-30(11-4-1)37-40-38(31-12-5-2-6-13-31)42-39(41-37)32-22-15-26(16-23-32)33-24-19-28-18-21-29-20-17-27-9-7-8-14-34(27)36(29)35(28)25-33;1-22-9-17-32(24(3)19-22)35(33-18-10-23(2)20-25(33)4)29-16-15-27-12-14-28-13-11-26-7-5-6-8-30(26)34(28)31(27)21-29;1-22-7-16-27(17-8-22)33(28-18-9-23(2)10-19-28)29-20-15-25-12-14-26-13-11-24-5-3-4-6-30(24)32(26)31(25)21-29;1-3-10-25(11-4-1)31(26-12-5-2-6-13-26)27-20-19-23-16-18-24-17-15-22-9-7-8-14-28(22)30(24)29(23)21-27/h1-25H;5-21H,1-4H3;3-21H,1-2H3;1-21H. The number of aromatic nitrogens is 3. The summed E-state index contributed by atoms with van der Waals surface area (Å²) in [6.45, 7) is 13.0. The van der Waals surface area contributed by atoms with Gasteiger partial charge in [0, 0.05) is 67.9 Å². The Kier molecular flexibility index (Phi) is 23.4. The predicted molar refractivity (Wildman–Crippen MR) is 603 cm³/mol. The molecule has 25 aromatic carbocycles. The van der Waals surface area contributed by atoms with Crippen LogP contribution in [0.2, 0.25) is 0 Å². The van der Waals surface area contributed by atoms with Gasteiger partial charge in [-0.2, -0.15) is 0 Å². The summed E-state index contributed by atoms with van der Waals surface area (Å²) in [4.78, 5) is 21.7. The van der Waals surface area contributed by atoms with Crippen LogP contribution in [0.3, 0.4) is 0 Å². The van der Waals surface area contributed by atoms with Crippen molar-refractivity contribution >= 4 is 180 Å². The van der Waals surface area contributed by atoms with Crippen molar-refractivity contribution in [1.29, 1.82) is 0 Å². The molecule has 0 radical (unpaired) electrons. The van der Waals surface area contributed by atoms with E-state index in [1.807, 2.05) is 60.7 Å². The maximum Gasteiger partial charge on any atom is 0.164 e. The molecule has 0 aliphatic heterocycles. The highest BCUT2D eigenvalue weighted by Gasteiger charge is 2.23. The largest absolute Gasteiger partial charge is 0.310 e. The molecule has 1 heterocycles. The molecule has 0 N–H and O–H groups in total. The van der Waals surface area contributed by atoms with Crippen molar-refractivity contribution in [3.63, 3.8) is 0 Å². The van der Waals surface area contributed by atoms with Crippen LogP contribution >= 0.6 is 0 Å². The van der Waals surface area contributed by atoms with Gasteiger partial charge in [0.05, 0.1) is 0 Å². The van der Waals surface area contributed by atoms with Crippen molar-refractivity contribution in [1.82, 2.24) is 15.0 Å².